The maximum absolute atomic E-state index is 2.93. The van der Waals surface area contributed by atoms with Crippen LogP contribution in [0.2, 0.25) is 0 Å². The first-order valence-corrected chi connectivity index (χ1v) is 26.3. The molecular formula is C65H74BN3. The maximum atomic E-state index is 2.93. The third kappa shape index (κ3) is 5.99. The second kappa shape index (κ2) is 13.9. The second-order valence-electron chi connectivity index (χ2n) is 27.1. The highest BCUT2D eigenvalue weighted by atomic mass is 15.3. The lowest BCUT2D eigenvalue weighted by Gasteiger charge is -2.52. The molecule has 0 N–H and O–H groups in total. The van der Waals surface area contributed by atoms with Crippen LogP contribution >= 0.6 is 0 Å². The first-order valence-electron chi connectivity index (χ1n) is 26.3. The van der Waals surface area contributed by atoms with Gasteiger partial charge in [0.25, 0.3) is 6.71 Å². The normalized spacial score (nSPS) is 20.7. The van der Waals surface area contributed by atoms with Gasteiger partial charge in [-0.25, -0.2) is 0 Å². The zero-order chi connectivity index (χ0) is 48.9. The molecule has 6 aromatic carbocycles. The lowest BCUT2D eigenvalue weighted by Crippen LogP contribution is -2.64. The van der Waals surface area contributed by atoms with E-state index in [4.69, 9.17) is 0 Å². The third-order valence-corrected chi connectivity index (χ3v) is 18.3. The summed E-state index contributed by atoms with van der Waals surface area (Å²) in [5.74, 6) is 0. The number of rotatable bonds is 3. The molecule has 352 valence electrons. The monoisotopic (exact) mass is 908 g/mol. The molecule has 0 saturated heterocycles. The summed E-state index contributed by atoms with van der Waals surface area (Å²) in [6.45, 7) is 38.7. The van der Waals surface area contributed by atoms with Gasteiger partial charge in [0.15, 0.2) is 0 Å². The molecule has 5 aliphatic rings. The average Bonchev–Trinajstić information content (AvgIpc) is 3.83. The molecule has 4 heteroatoms. The van der Waals surface area contributed by atoms with E-state index in [1.165, 1.54) is 125 Å². The molecular weight excluding hydrogens is 834 g/mol. The van der Waals surface area contributed by atoms with Crippen molar-refractivity contribution < 1.29 is 0 Å². The van der Waals surface area contributed by atoms with Crippen LogP contribution in [0.4, 0.5) is 28.4 Å². The summed E-state index contributed by atoms with van der Waals surface area (Å²) in [5, 5.41) is 1.41. The van der Waals surface area contributed by atoms with E-state index in [0.29, 0.717) is 0 Å². The van der Waals surface area contributed by atoms with Crippen molar-refractivity contribution in [2.75, 3.05) is 9.80 Å². The minimum Gasteiger partial charge on any atom is -0.335 e. The molecule has 0 bridgehead atoms. The summed E-state index contributed by atoms with van der Waals surface area (Å²) in [6, 6.07) is 44.1. The van der Waals surface area contributed by atoms with Gasteiger partial charge in [-0.1, -0.05) is 183 Å². The topological polar surface area (TPSA) is 11.4 Å². The number of nitrogens with zero attached hydrogens (tertiary/aromatic N) is 3. The fourth-order valence-corrected chi connectivity index (χ4v) is 14.0. The van der Waals surface area contributed by atoms with E-state index >= 15 is 0 Å². The highest BCUT2D eigenvalue weighted by molar-refractivity contribution is 7.00. The van der Waals surface area contributed by atoms with Crippen LogP contribution in [0.15, 0.2) is 109 Å². The number of anilines is 5. The highest BCUT2D eigenvalue weighted by Crippen LogP contribution is 2.63. The van der Waals surface area contributed by atoms with Crippen LogP contribution in [-0.4, -0.2) is 16.8 Å². The first-order chi connectivity index (χ1) is 32.2. The smallest absolute Gasteiger partial charge is 0.252 e. The number of aromatic nitrogens is 1. The van der Waals surface area contributed by atoms with Crippen molar-refractivity contribution in [3.63, 3.8) is 0 Å². The van der Waals surface area contributed by atoms with Crippen molar-refractivity contribution in [1.82, 2.24) is 4.57 Å². The van der Waals surface area contributed by atoms with Gasteiger partial charge in [0.05, 0.1) is 16.9 Å². The quantitative estimate of drug-likeness (QED) is 0.164. The molecule has 1 aromatic heterocycles. The van der Waals surface area contributed by atoms with E-state index in [0.717, 1.165) is 6.42 Å². The zero-order valence-corrected chi connectivity index (χ0v) is 44.6. The van der Waals surface area contributed by atoms with E-state index < -0.39 is 0 Å². The van der Waals surface area contributed by atoms with Gasteiger partial charge in [-0.05, 0) is 139 Å². The summed E-state index contributed by atoms with van der Waals surface area (Å²) in [5.41, 5.74) is 26.1. The van der Waals surface area contributed by atoms with Crippen molar-refractivity contribution in [1.29, 1.82) is 0 Å². The van der Waals surface area contributed by atoms with Crippen LogP contribution in [0, 0.1) is 0 Å². The van der Waals surface area contributed by atoms with Crippen molar-refractivity contribution in [2.45, 2.75) is 174 Å². The van der Waals surface area contributed by atoms with Crippen LogP contribution in [0.5, 0.6) is 0 Å². The molecule has 0 spiro atoms. The summed E-state index contributed by atoms with van der Waals surface area (Å²) in [6.07, 6.45) is 4.86. The Morgan fingerprint density at radius 1 is 0.522 bits per heavy atom. The Balaban J connectivity index is 1.26. The number of hydrogen-bond acceptors (Lipinski definition) is 2. The molecule has 3 nitrogen and oxygen atoms in total. The number of benzene rings is 6. The predicted molar refractivity (Wildman–Crippen MR) is 298 cm³/mol. The molecule has 0 amide bonds. The second-order valence-corrected chi connectivity index (χ2v) is 27.1. The van der Waals surface area contributed by atoms with E-state index in [9.17, 15) is 0 Å². The standard InChI is InChI=1S/C65H74BN3/c1-59(2,3)39-23-27-43(28-24-39)67(44-29-25-40(26-30-44)60(4,5)6)45-37-52-55-53(38-45)69-58-49(64(15)31-19-20-32-65(64,69)16)34-42(62(10,11)12)36-51(58)66(55)50-35-41(61(7,8)9)33-47-54-57(68(52)56(47)50)46-21-17-18-22-48(46)63(54,13)14/h17-18,21-30,33-38H,19-20,31-32H2,1-16H3. The van der Waals surface area contributed by atoms with E-state index in [2.05, 4.69) is 234 Å². The highest BCUT2D eigenvalue weighted by Gasteiger charge is 2.62. The molecule has 4 heterocycles. The molecule has 7 aromatic rings. The Morgan fingerprint density at radius 3 is 1.65 bits per heavy atom. The first kappa shape index (κ1) is 44.7. The Hall–Kier alpha value is -5.48. The van der Waals surface area contributed by atoms with Crippen LogP contribution in [0.25, 0.3) is 27.8 Å². The molecule has 3 aliphatic heterocycles. The fraction of sp³-hybridized carbons (Fsp3) is 0.415. The predicted octanol–water partition coefficient (Wildman–Crippen LogP) is 15.5. The molecule has 1 saturated carbocycles. The van der Waals surface area contributed by atoms with Crippen LogP contribution in [0.1, 0.15) is 175 Å². The zero-order valence-electron chi connectivity index (χ0n) is 44.6. The van der Waals surface area contributed by atoms with Crippen molar-refractivity contribution in [3.05, 3.63) is 148 Å². The average molecular weight is 908 g/mol. The summed E-state index contributed by atoms with van der Waals surface area (Å²) >= 11 is 0. The van der Waals surface area contributed by atoms with Crippen LogP contribution < -0.4 is 26.2 Å². The van der Waals surface area contributed by atoms with E-state index in [-0.39, 0.29) is 44.7 Å². The Kier molecular flexibility index (Phi) is 9.00. The summed E-state index contributed by atoms with van der Waals surface area (Å²) < 4.78 is 2.78. The number of hydrogen-bond donors (Lipinski definition) is 0. The van der Waals surface area contributed by atoms with Gasteiger partial charge in [0, 0.05) is 55.7 Å². The van der Waals surface area contributed by atoms with E-state index in [1.807, 2.05) is 0 Å². The van der Waals surface area contributed by atoms with Gasteiger partial charge in [0.2, 0.25) is 0 Å². The summed E-state index contributed by atoms with van der Waals surface area (Å²) in [7, 11) is 0. The third-order valence-electron chi connectivity index (χ3n) is 18.3. The minimum atomic E-state index is -0.182. The van der Waals surface area contributed by atoms with Gasteiger partial charge in [-0.3, -0.25) is 0 Å². The SMILES string of the molecule is CC(C)(C)c1ccc(N(c2ccc(C(C)(C)C)cc2)c2cc3c4c(c2)-n2c5c(c6cc(C(C)(C)C)cc(c62)B4c2cc(C(C)(C)C)cc4c2N3C2(C)CCCCC42C)C(C)(C)c2ccccc2-5)cc1. The van der Waals surface area contributed by atoms with Crippen molar-refractivity contribution >= 4 is 62.4 Å². The minimum absolute atomic E-state index is 0.00864. The summed E-state index contributed by atoms with van der Waals surface area (Å²) in [4.78, 5) is 5.50. The molecule has 12 rings (SSSR count). The molecule has 1 fully saturated rings. The maximum Gasteiger partial charge on any atom is 0.252 e. The Morgan fingerprint density at radius 2 is 1.06 bits per heavy atom. The fourth-order valence-electron chi connectivity index (χ4n) is 14.0. The lowest BCUT2D eigenvalue weighted by molar-refractivity contribution is 0.195. The molecule has 0 radical (unpaired) electrons. The van der Waals surface area contributed by atoms with Crippen molar-refractivity contribution in [2.24, 2.45) is 0 Å². The van der Waals surface area contributed by atoms with E-state index in [1.54, 1.807) is 5.56 Å². The lowest BCUT2D eigenvalue weighted by atomic mass is 9.33. The van der Waals surface area contributed by atoms with Gasteiger partial charge < -0.3 is 14.4 Å². The molecule has 2 aliphatic carbocycles. The molecule has 2 atom stereocenters. The van der Waals surface area contributed by atoms with Crippen LogP contribution in [0.3, 0.4) is 0 Å². The molecule has 69 heavy (non-hydrogen) atoms. The largest absolute Gasteiger partial charge is 0.335 e. The molecule has 2 unspecified atom stereocenters. The Bertz CT molecular complexity index is 3260. The van der Waals surface area contributed by atoms with Crippen LogP contribution in [-0.2, 0) is 32.5 Å². The van der Waals surface area contributed by atoms with Gasteiger partial charge >= 0.3 is 0 Å². The van der Waals surface area contributed by atoms with Gasteiger partial charge in [-0.2, -0.15) is 0 Å². The van der Waals surface area contributed by atoms with Gasteiger partial charge in [-0.15, -0.1) is 0 Å². The van der Waals surface area contributed by atoms with Crippen molar-refractivity contribution in [3.8, 4) is 16.9 Å². The number of fused-ring (bicyclic) bond motifs is 12. The Labute approximate surface area is 414 Å². The van der Waals surface area contributed by atoms with Gasteiger partial charge in [0.1, 0.15) is 0 Å².